The molecule has 1 amide bonds. The summed E-state index contributed by atoms with van der Waals surface area (Å²) in [4.78, 5) is 17.1. The van der Waals surface area contributed by atoms with Gasteiger partial charge in [0.15, 0.2) is 11.5 Å². The molecule has 0 saturated carbocycles. The Morgan fingerprint density at radius 3 is 2.86 bits per heavy atom. The number of fused-ring (bicyclic) bond motifs is 1. The second kappa shape index (κ2) is 8.05. The molecule has 0 aliphatic carbocycles. The molecule has 0 atom stereocenters. The number of nitrogens with one attached hydrogen (secondary N) is 1. The molecule has 0 radical (unpaired) electrons. The number of ether oxygens (including phenoxy) is 2. The maximum Gasteiger partial charge on any atom is 0.231 e. The van der Waals surface area contributed by atoms with Crippen molar-refractivity contribution in [1.82, 2.24) is 10.3 Å². The molecular formula is C22H21ClN2O3S. The quantitative estimate of drug-likeness (QED) is 0.611. The van der Waals surface area contributed by atoms with Crippen LogP contribution in [0.25, 0.3) is 10.6 Å². The monoisotopic (exact) mass is 428 g/mol. The first-order valence-electron chi connectivity index (χ1n) is 9.28. The Morgan fingerprint density at radius 2 is 2.03 bits per heavy atom. The van der Waals surface area contributed by atoms with E-state index >= 15 is 0 Å². The third-order valence-electron chi connectivity index (χ3n) is 4.85. The van der Waals surface area contributed by atoms with Gasteiger partial charge in [-0.05, 0) is 35.9 Å². The summed E-state index contributed by atoms with van der Waals surface area (Å²) in [7, 11) is 0. The van der Waals surface area contributed by atoms with Gasteiger partial charge in [-0.3, -0.25) is 4.79 Å². The molecule has 3 aromatic rings. The number of rotatable bonds is 6. The van der Waals surface area contributed by atoms with Crippen LogP contribution in [0, 0.1) is 0 Å². The lowest BCUT2D eigenvalue weighted by molar-refractivity contribution is -0.120. The maximum absolute atomic E-state index is 12.4. The van der Waals surface area contributed by atoms with Crippen LogP contribution in [-0.2, 0) is 16.6 Å². The second-order valence-electron chi connectivity index (χ2n) is 7.56. The molecule has 0 unspecified atom stereocenters. The van der Waals surface area contributed by atoms with Crippen molar-refractivity contribution in [2.24, 2.45) is 0 Å². The highest BCUT2D eigenvalue weighted by Gasteiger charge is 2.22. The molecule has 2 aromatic carbocycles. The molecule has 2 heterocycles. The van der Waals surface area contributed by atoms with Gasteiger partial charge in [0.2, 0.25) is 12.7 Å². The molecule has 1 aliphatic heterocycles. The lowest BCUT2D eigenvalue weighted by Gasteiger charge is -2.25. The van der Waals surface area contributed by atoms with Gasteiger partial charge in [0.25, 0.3) is 0 Å². The van der Waals surface area contributed by atoms with E-state index in [2.05, 4.69) is 24.1 Å². The fourth-order valence-corrected chi connectivity index (χ4v) is 4.12. The minimum atomic E-state index is -0.222. The van der Waals surface area contributed by atoms with Gasteiger partial charge < -0.3 is 14.8 Å². The predicted molar refractivity (Wildman–Crippen MR) is 115 cm³/mol. The number of carbonyl (C=O) groups is 1. The molecule has 5 nitrogen and oxygen atoms in total. The van der Waals surface area contributed by atoms with Crippen LogP contribution in [0.4, 0.5) is 0 Å². The summed E-state index contributed by atoms with van der Waals surface area (Å²) in [5, 5.41) is 6.48. The average molecular weight is 429 g/mol. The molecular weight excluding hydrogens is 408 g/mol. The number of aromatic nitrogens is 1. The topological polar surface area (TPSA) is 60.5 Å². The number of amides is 1. The lowest BCUT2D eigenvalue weighted by Crippen LogP contribution is -2.37. The van der Waals surface area contributed by atoms with E-state index in [4.69, 9.17) is 21.1 Å². The summed E-state index contributed by atoms with van der Waals surface area (Å²) in [6.07, 6.45) is 0.243. The van der Waals surface area contributed by atoms with Crippen molar-refractivity contribution in [3.63, 3.8) is 0 Å². The van der Waals surface area contributed by atoms with Gasteiger partial charge in [-0.1, -0.05) is 37.6 Å². The van der Waals surface area contributed by atoms with Crippen molar-refractivity contribution < 1.29 is 14.3 Å². The van der Waals surface area contributed by atoms with E-state index in [1.165, 1.54) is 11.3 Å². The van der Waals surface area contributed by atoms with E-state index in [0.29, 0.717) is 11.6 Å². The fourth-order valence-electron chi connectivity index (χ4n) is 3.11. The molecule has 1 aliphatic rings. The number of hydrogen-bond acceptors (Lipinski definition) is 5. The Morgan fingerprint density at radius 1 is 1.21 bits per heavy atom. The van der Waals surface area contributed by atoms with Crippen molar-refractivity contribution in [3.8, 4) is 22.1 Å². The predicted octanol–water partition coefficient (Wildman–Crippen LogP) is 4.83. The zero-order valence-electron chi connectivity index (χ0n) is 16.2. The third kappa shape index (κ3) is 4.54. The van der Waals surface area contributed by atoms with Crippen LogP contribution in [0.3, 0.4) is 0 Å². The standard InChI is InChI=1S/C22H21ClN2O3S/c1-22(2,15-4-3-5-16(23)9-15)12-24-20(26)10-17-11-29-21(25-17)14-6-7-18-19(8-14)28-13-27-18/h3-9,11H,10,12-13H2,1-2H3,(H,24,26). The number of carbonyl (C=O) groups excluding carboxylic acids is 1. The Hall–Kier alpha value is -2.57. The SMILES string of the molecule is CC(C)(CNC(=O)Cc1csc(-c2ccc3c(c2)OCO3)n1)c1cccc(Cl)c1. The normalized spacial score (nSPS) is 12.8. The number of nitrogens with zero attached hydrogens (tertiary/aromatic N) is 1. The van der Waals surface area contributed by atoms with Gasteiger partial charge in [-0.25, -0.2) is 4.98 Å². The molecule has 4 rings (SSSR count). The Labute approximate surface area is 178 Å². The first kappa shape index (κ1) is 19.7. The number of halogens is 1. The third-order valence-corrected chi connectivity index (χ3v) is 6.02. The van der Waals surface area contributed by atoms with Gasteiger partial charge in [0.1, 0.15) is 5.01 Å². The van der Waals surface area contributed by atoms with Crippen molar-refractivity contribution in [3.05, 3.63) is 64.1 Å². The van der Waals surface area contributed by atoms with Crippen LogP contribution in [0.2, 0.25) is 5.02 Å². The number of benzene rings is 2. The molecule has 0 fully saturated rings. The zero-order chi connectivity index (χ0) is 20.4. The molecule has 150 valence electrons. The van der Waals surface area contributed by atoms with Gasteiger partial charge in [-0.15, -0.1) is 11.3 Å². The van der Waals surface area contributed by atoms with Crippen molar-refractivity contribution in [1.29, 1.82) is 0 Å². The molecule has 0 spiro atoms. The Bertz CT molecular complexity index is 1050. The fraction of sp³-hybridized carbons (Fsp3) is 0.273. The van der Waals surface area contributed by atoms with Gasteiger partial charge >= 0.3 is 0 Å². The van der Waals surface area contributed by atoms with Crippen molar-refractivity contribution >= 4 is 28.8 Å². The summed E-state index contributed by atoms with van der Waals surface area (Å²) < 4.78 is 10.8. The number of thiazole rings is 1. The highest BCUT2D eigenvalue weighted by atomic mass is 35.5. The van der Waals surface area contributed by atoms with Crippen LogP contribution >= 0.6 is 22.9 Å². The molecule has 7 heteroatoms. The second-order valence-corrected chi connectivity index (χ2v) is 8.85. The van der Waals surface area contributed by atoms with Gasteiger partial charge in [0.05, 0.1) is 12.1 Å². The minimum Gasteiger partial charge on any atom is -0.454 e. The zero-order valence-corrected chi connectivity index (χ0v) is 17.8. The van der Waals surface area contributed by atoms with Crippen LogP contribution in [-0.4, -0.2) is 24.2 Å². The largest absolute Gasteiger partial charge is 0.454 e. The summed E-state index contributed by atoms with van der Waals surface area (Å²) in [5.74, 6) is 1.41. The van der Waals surface area contributed by atoms with Crippen LogP contribution in [0.1, 0.15) is 25.1 Å². The minimum absolute atomic E-state index is 0.0531. The molecule has 29 heavy (non-hydrogen) atoms. The van der Waals surface area contributed by atoms with Crippen LogP contribution in [0.5, 0.6) is 11.5 Å². The Balaban J connectivity index is 1.37. The van der Waals surface area contributed by atoms with Gasteiger partial charge in [0, 0.05) is 27.9 Å². The van der Waals surface area contributed by atoms with Crippen LogP contribution in [0.15, 0.2) is 47.8 Å². The molecule has 0 saturated heterocycles. The van der Waals surface area contributed by atoms with E-state index in [-0.39, 0.29) is 24.5 Å². The van der Waals surface area contributed by atoms with E-state index in [1.54, 1.807) is 0 Å². The highest BCUT2D eigenvalue weighted by molar-refractivity contribution is 7.13. The molecule has 1 N–H and O–H groups in total. The van der Waals surface area contributed by atoms with E-state index in [0.717, 1.165) is 33.3 Å². The maximum atomic E-state index is 12.4. The first-order valence-corrected chi connectivity index (χ1v) is 10.5. The molecule has 1 aromatic heterocycles. The highest BCUT2D eigenvalue weighted by Crippen LogP contribution is 2.36. The summed E-state index contributed by atoms with van der Waals surface area (Å²) in [6.45, 7) is 4.93. The lowest BCUT2D eigenvalue weighted by atomic mass is 9.84. The van der Waals surface area contributed by atoms with E-state index in [9.17, 15) is 4.79 Å². The summed E-state index contributed by atoms with van der Waals surface area (Å²) in [6, 6.07) is 13.5. The van der Waals surface area contributed by atoms with E-state index < -0.39 is 0 Å². The smallest absolute Gasteiger partial charge is 0.231 e. The van der Waals surface area contributed by atoms with E-state index in [1.807, 2.05) is 47.8 Å². The van der Waals surface area contributed by atoms with Crippen molar-refractivity contribution in [2.75, 3.05) is 13.3 Å². The Kier molecular flexibility index (Phi) is 5.48. The van der Waals surface area contributed by atoms with Gasteiger partial charge in [-0.2, -0.15) is 0 Å². The first-order chi connectivity index (χ1) is 13.9. The summed E-state index contributed by atoms with van der Waals surface area (Å²) >= 11 is 7.61. The molecule has 0 bridgehead atoms. The number of hydrogen-bond donors (Lipinski definition) is 1. The van der Waals surface area contributed by atoms with Crippen molar-refractivity contribution in [2.45, 2.75) is 25.7 Å². The average Bonchev–Trinajstić information content (AvgIpc) is 3.35. The van der Waals surface area contributed by atoms with Crippen LogP contribution < -0.4 is 14.8 Å². The summed E-state index contributed by atoms with van der Waals surface area (Å²) in [5.41, 5.74) is 2.57.